The Morgan fingerprint density at radius 1 is 1.64 bits per heavy atom. The normalized spacial score (nSPS) is 9.55. The van der Waals surface area contributed by atoms with E-state index >= 15 is 0 Å². The van der Waals surface area contributed by atoms with E-state index in [-0.39, 0.29) is 0 Å². The first-order valence-corrected chi connectivity index (χ1v) is 2.69. The average Bonchev–Trinajstić information content (AvgIpc) is 1.94. The Labute approximate surface area is 60.9 Å². The molecule has 0 amide bonds. The van der Waals surface area contributed by atoms with Crippen LogP contribution in [0.4, 0.5) is 4.39 Å². The monoisotopic (exact) mass is 157 g/mol. The highest BCUT2D eigenvalue weighted by molar-refractivity contribution is 5.88. The third kappa shape index (κ3) is 1.26. The van der Waals surface area contributed by atoms with Gasteiger partial charge in [-0.15, -0.1) is 0 Å². The maximum Gasteiger partial charge on any atom is 0.338 e. The van der Waals surface area contributed by atoms with E-state index in [0.29, 0.717) is 0 Å². The fourth-order valence-electron chi connectivity index (χ4n) is 0.598. The number of nitrogens with zero attached hydrogens (tertiary/aromatic N) is 1. The third-order valence-electron chi connectivity index (χ3n) is 1.10. The van der Waals surface area contributed by atoms with Gasteiger partial charge in [-0.25, -0.2) is 14.2 Å². The molecule has 0 aliphatic carbocycles. The number of aromatic hydroxyl groups is 1. The van der Waals surface area contributed by atoms with E-state index in [1.165, 1.54) is 0 Å². The molecule has 1 heterocycles. The zero-order valence-corrected chi connectivity index (χ0v) is 5.28. The van der Waals surface area contributed by atoms with Crippen LogP contribution in [0.5, 0.6) is 5.88 Å². The molecule has 1 aromatic heterocycles. The lowest BCUT2D eigenvalue weighted by atomic mass is 10.2. The summed E-state index contributed by atoms with van der Waals surface area (Å²) in [4.78, 5) is 13.3. The van der Waals surface area contributed by atoms with Crippen LogP contribution in [0.25, 0.3) is 0 Å². The molecule has 0 fully saturated rings. The largest absolute Gasteiger partial charge is 0.491 e. The standard InChI is InChI=1S/C6H4FNO3/c7-4-3(6(10)11)1-2-8-5(4)9/h1-2H,(H,8,9)(H,10,11). The lowest BCUT2D eigenvalue weighted by Gasteiger charge is -1.96. The molecule has 0 saturated heterocycles. The van der Waals surface area contributed by atoms with Gasteiger partial charge >= 0.3 is 5.97 Å². The predicted octanol–water partition coefficient (Wildman–Crippen LogP) is 0.624. The molecule has 0 aliphatic rings. The van der Waals surface area contributed by atoms with Crippen molar-refractivity contribution in [3.8, 4) is 5.88 Å². The van der Waals surface area contributed by atoms with E-state index in [2.05, 4.69) is 4.98 Å². The molecule has 2 N–H and O–H groups in total. The van der Waals surface area contributed by atoms with Crippen molar-refractivity contribution in [2.75, 3.05) is 0 Å². The van der Waals surface area contributed by atoms with Gasteiger partial charge in [0, 0.05) is 6.20 Å². The van der Waals surface area contributed by atoms with Gasteiger partial charge in [0.2, 0.25) is 5.88 Å². The number of hydrogen-bond donors (Lipinski definition) is 2. The molecular formula is C6H4FNO3. The SMILES string of the molecule is O=C(O)c1ccnc(O)c1F. The van der Waals surface area contributed by atoms with Gasteiger partial charge in [0.15, 0.2) is 5.82 Å². The van der Waals surface area contributed by atoms with Gasteiger partial charge in [0.05, 0.1) is 0 Å². The molecule has 0 bridgehead atoms. The molecule has 0 atom stereocenters. The number of aromatic nitrogens is 1. The van der Waals surface area contributed by atoms with E-state index in [1.807, 2.05) is 0 Å². The van der Waals surface area contributed by atoms with Gasteiger partial charge in [-0.1, -0.05) is 0 Å². The van der Waals surface area contributed by atoms with Crippen LogP contribution >= 0.6 is 0 Å². The van der Waals surface area contributed by atoms with E-state index < -0.39 is 23.2 Å². The molecule has 0 radical (unpaired) electrons. The Kier molecular flexibility index (Phi) is 1.72. The molecule has 0 aliphatic heterocycles. The van der Waals surface area contributed by atoms with Crippen LogP contribution in [0.3, 0.4) is 0 Å². The van der Waals surface area contributed by atoms with Crippen molar-refractivity contribution >= 4 is 5.97 Å². The van der Waals surface area contributed by atoms with E-state index in [1.54, 1.807) is 0 Å². The smallest absolute Gasteiger partial charge is 0.338 e. The molecule has 58 valence electrons. The summed E-state index contributed by atoms with van der Waals surface area (Å²) in [5, 5.41) is 16.9. The van der Waals surface area contributed by atoms with Gasteiger partial charge in [0.25, 0.3) is 0 Å². The van der Waals surface area contributed by atoms with E-state index in [4.69, 9.17) is 10.2 Å². The predicted molar refractivity (Wildman–Crippen MR) is 32.8 cm³/mol. The minimum Gasteiger partial charge on any atom is -0.491 e. The first-order valence-electron chi connectivity index (χ1n) is 2.69. The molecule has 4 nitrogen and oxygen atoms in total. The minimum atomic E-state index is -1.43. The Morgan fingerprint density at radius 3 is 2.73 bits per heavy atom. The number of carboxylic acids is 1. The lowest BCUT2D eigenvalue weighted by Crippen LogP contribution is -2.00. The summed E-state index contributed by atoms with van der Waals surface area (Å²) in [6.07, 6.45) is 1.02. The number of halogens is 1. The Bertz CT molecular complexity index is 300. The second kappa shape index (κ2) is 2.53. The number of aromatic carboxylic acids is 1. The summed E-state index contributed by atoms with van der Waals surface area (Å²) in [6.45, 7) is 0. The molecule has 11 heavy (non-hydrogen) atoms. The van der Waals surface area contributed by atoms with Crippen molar-refractivity contribution in [2.45, 2.75) is 0 Å². The van der Waals surface area contributed by atoms with Crippen LogP contribution in [0.2, 0.25) is 0 Å². The number of carbonyl (C=O) groups is 1. The Balaban J connectivity index is 3.27. The van der Waals surface area contributed by atoms with Crippen molar-refractivity contribution in [2.24, 2.45) is 0 Å². The van der Waals surface area contributed by atoms with Crippen LogP contribution in [0.15, 0.2) is 12.3 Å². The number of pyridine rings is 1. The van der Waals surface area contributed by atoms with Crippen molar-refractivity contribution in [1.29, 1.82) is 0 Å². The van der Waals surface area contributed by atoms with Crippen molar-refractivity contribution in [3.63, 3.8) is 0 Å². The fourth-order valence-corrected chi connectivity index (χ4v) is 0.598. The highest BCUT2D eigenvalue weighted by atomic mass is 19.1. The minimum absolute atomic E-state index is 0.586. The highest BCUT2D eigenvalue weighted by Gasteiger charge is 2.13. The van der Waals surface area contributed by atoms with Gasteiger partial charge < -0.3 is 10.2 Å². The van der Waals surface area contributed by atoms with Crippen LogP contribution in [0.1, 0.15) is 10.4 Å². The molecule has 0 unspecified atom stereocenters. The second-order valence-electron chi connectivity index (χ2n) is 1.80. The first-order chi connectivity index (χ1) is 5.13. The number of carboxylic acid groups (broad SMARTS) is 1. The van der Waals surface area contributed by atoms with E-state index in [9.17, 15) is 9.18 Å². The van der Waals surface area contributed by atoms with Crippen molar-refractivity contribution in [1.82, 2.24) is 4.98 Å². The molecular weight excluding hydrogens is 153 g/mol. The molecule has 0 saturated carbocycles. The lowest BCUT2D eigenvalue weighted by molar-refractivity contribution is 0.0690. The van der Waals surface area contributed by atoms with Gasteiger partial charge in [-0.05, 0) is 6.07 Å². The summed E-state index contributed by atoms with van der Waals surface area (Å²) in [7, 11) is 0. The first kappa shape index (κ1) is 7.46. The summed E-state index contributed by atoms with van der Waals surface area (Å²) in [5.74, 6) is -3.54. The Hall–Kier alpha value is -1.65. The maximum atomic E-state index is 12.6. The van der Waals surface area contributed by atoms with Crippen LogP contribution in [0, 0.1) is 5.82 Å². The quantitative estimate of drug-likeness (QED) is 0.627. The van der Waals surface area contributed by atoms with Crippen LogP contribution in [-0.4, -0.2) is 21.2 Å². The topological polar surface area (TPSA) is 70.4 Å². The van der Waals surface area contributed by atoms with Crippen LogP contribution < -0.4 is 0 Å². The highest BCUT2D eigenvalue weighted by Crippen LogP contribution is 2.14. The summed E-state index contributed by atoms with van der Waals surface area (Å²) in [6, 6.07) is 0.970. The molecule has 5 heteroatoms. The Morgan fingerprint density at radius 2 is 2.27 bits per heavy atom. The zero-order chi connectivity index (χ0) is 8.43. The number of hydrogen-bond acceptors (Lipinski definition) is 3. The van der Waals surface area contributed by atoms with Crippen molar-refractivity contribution in [3.05, 3.63) is 23.6 Å². The fraction of sp³-hybridized carbons (Fsp3) is 0. The number of rotatable bonds is 1. The zero-order valence-electron chi connectivity index (χ0n) is 5.28. The van der Waals surface area contributed by atoms with Gasteiger partial charge in [0.1, 0.15) is 5.56 Å². The van der Waals surface area contributed by atoms with Crippen molar-refractivity contribution < 1.29 is 19.4 Å². The van der Waals surface area contributed by atoms with Gasteiger partial charge in [-0.2, -0.15) is 0 Å². The molecule has 0 aromatic carbocycles. The van der Waals surface area contributed by atoms with Gasteiger partial charge in [-0.3, -0.25) is 0 Å². The van der Waals surface area contributed by atoms with E-state index in [0.717, 1.165) is 12.3 Å². The summed E-state index contributed by atoms with van der Waals surface area (Å²) >= 11 is 0. The summed E-state index contributed by atoms with van der Waals surface area (Å²) < 4.78 is 12.6. The molecule has 1 rings (SSSR count). The van der Waals surface area contributed by atoms with Crippen LogP contribution in [-0.2, 0) is 0 Å². The second-order valence-corrected chi connectivity index (χ2v) is 1.80. The molecule has 0 spiro atoms. The maximum absolute atomic E-state index is 12.6. The molecule has 1 aromatic rings. The third-order valence-corrected chi connectivity index (χ3v) is 1.10. The average molecular weight is 157 g/mol. The summed E-state index contributed by atoms with van der Waals surface area (Å²) in [5.41, 5.74) is -0.586.